The quantitative estimate of drug-likeness (QED) is 0.254. The van der Waals surface area contributed by atoms with Crippen molar-refractivity contribution in [2.24, 2.45) is 4.99 Å². The Kier molecular flexibility index (Phi) is 8.62. The average Bonchev–Trinajstić information content (AvgIpc) is 3.60. The van der Waals surface area contributed by atoms with Gasteiger partial charge in [-0.05, 0) is 60.9 Å². The molecule has 0 unspecified atom stereocenters. The molecule has 5 rings (SSSR count). The van der Waals surface area contributed by atoms with Crippen LogP contribution in [0.25, 0.3) is 23.2 Å². The molecule has 3 aromatic carbocycles. The zero-order valence-electron chi connectivity index (χ0n) is 23.0. The van der Waals surface area contributed by atoms with Crippen molar-refractivity contribution in [1.29, 1.82) is 0 Å². The van der Waals surface area contributed by atoms with Crippen LogP contribution in [-0.2, 0) is 11.2 Å². The maximum atomic E-state index is 12.7. The van der Waals surface area contributed by atoms with Gasteiger partial charge in [-0.2, -0.15) is 4.99 Å². The van der Waals surface area contributed by atoms with Crippen LogP contribution in [0.15, 0.2) is 89.8 Å². The lowest BCUT2D eigenvalue weighted by Crippen LogP contribution is -2.31. The number of anilines is 1. The summed E-state index contributed by atoms with van der Waals surface area (Å²) < 4.78 is 42.5. The summed E-state index contributed by atoms with van der Waals surface area (Å²) in [4.78, 5) is 35.2. The number of aromatic nitrogens is 3. The second kappa shape index (κ2) is 12.5. The molecule has 1 aliphatic heterocycles. The molecule has 1 saturated heterocycles. The Balaban J connectivity index is 1.23. The number of aryl methyl sites for hydroxylation is 1. The van der Waals surface area contributed by atoms with Crippen LogP contribution in [0.2, 0.25) is 0 Å². The number of nitrogens with one attached hydrogen (secondary N) is 1. The lowest BCUT2D eigenvalue weighted by Gasteiger charge is -2.19. The number of hydrogen-bond donors (Lipinski definition) is 1. The van der Waals surface area contributed by atoms with Gasteiger partial charge in [-0.25, -0.2) is 14.5 Å². The molecule has 4 aromatic rings. The van der Waals surface area contributed by atoms with Crippen LogP contribution in [-0.4, -0.2) is 44.0 Å². The van der Waals surface area contributed by atoms with Crippen LogP contribution in [0.1, 0.15) is 25.0 Å². The van der Waals surface area contributed by atoms with E-state index >= 15 is 0 Å². The highest BCUT2D eigenvalue weighted by Crippen LogP contribution is 2.30. The third kappa shape index (κ3) is 7.30. The largest absolute Gasteiger partial charge is 0.573 e. The molecule has 0 aliphatic carbocycles. The van der Waals surface area contributed by atoms with Crippen LogP contribution in [0.4, 0.5) is 23.7 Å². The Bertz CT molecular complexity index is 1700. The van der Waals surface area contributed by atoms with Crippen LogP contribution in [0, 0.1) is 0 Å². The van der Waals surface area contributed by atoms with Gasteiger partial charge in [0.25, 0.3) is 0 Å². The number of benzene rings is 3. The van der Waals surface area contributed by atoms with E-state index in [0.29, 0.717) is 22.4 Å². The number of rotatable bonds is 7. The fraction of sp³-hybridized carbons (Fsp3) is 0.167. The molecule has 0 bridgehead atoms. The van der Waals surface area contributed by atoms with Gasteiger partial charge in [0.15, 0.2) is 11.0 Å². The van der Waals surface area contributed by atoms with Crippen LogP contribution < -0.4 is 15.0 Å². The lowest BCUT2D eigenvalue weighted by molar-refractivity contribution is -0.274. The van der Waals surface area contributed by atoms with E-state index in [9.17, 15) is 22.8 Å². The first-order valence-corrected chi connectivity index (χ1v) is 14.1. The molecule has 1 aromatic heterocycles. The number of carbonyl (C=O) groups is 2. The summed E-state index contributed by atoms with van der Waals surface area (Å²) in [5.74, 6) is 0.176. The minimum Gasteiger partial charge on any atom is -0.406 e. The van der Waals surface area contributed by atoms with Crippen molar-refractivity contribution >= 4 is 40.6 Å². The van der Waals surface area contributed by atoms with Gasteiger partial charge in [0, 0.05) is 11.3 Å². The van der Waals surface area contributed by atoms with E-state index < -0.39 is 12.4 Å². The number of para-hydroxylation sites is 1. The van der Waals surface area contributed by atoms with Gasteiger partial charge in [-0.1, -0.05) is 61.2 Å². The molecule has 13 heteroatoms. The highest BCUT2D eigenvalue weighted by Gasteiger charge is 2.32. The second-order valence-corrected chi connectivity index (χ2v) is 10.3. The molecule has 2 heterocycles. The maximum absolute atomic E-state index is 12.7. The molecule has 0 saturated carbocycles. The molecule has 3 amide bonds. The number of thioether (sulfide) groups is 1. The summed E-state index contributed by atoms with van der Waals surface area (Å²) in [6.45, 7) is 3.74. The molecule has 0 radical (unpaired) electrons. The van der Waals surface area contributed by atoms with E-state index in [2.05, 4.69) is 25.1 Å². The number of hydrogen-bond acceptors (Lipinski definition) is 6. The Morgan fingerprint density at radius 1 is 1.09 bits per heavy atom. The summed E-state index contributed by atoms with van der Waals surface area (Å²) in [5.41, 5.74) is 4.31. The molecular formula is C30H25F3N6O3S. The number of aliphatic imine (C=N–C) groups is 1. The van der Waals surface area contributed by atoms with Gasteiger partial charge in [0.2, 0.25) is 5.91 Å². The fourth-order valence-electron chi connectivity index (χ4n) is 4.33. The number of carbonyl (C=O) groups excluding carboxylic acids is 2. The Morgan fingerprint density at radius 2 is 1.81 bits per heavy atom. The number of amidine groups is 1. The summed E-state index contributed by atoms with van der Waals surface area (Å²) in [6.07, 6.45) is -0.792. The van der Waals surface area contributed by atoms with Gasteiger partial charge >= 0.3 is 12.4 Å². The molecule has 1 aliphatic rings. The molecule has 0 atom stereocenters. The minimum absolute atomic E-state index is 0.127. The number of halogens is 3. The van der Waals surface area contributed by atoms with Crippen molar-refractivity contribution in [2.45, 2.75) is 26.6 Å². The second-order valence-electron chi connectivity index (χ2n) is 9.33. The monoisotopic (exact) mass is 606 g/mol. The standard InChI is InChI=1S/C30H25F3N6O3S/c1-3-21-6-4-5-7-25(21)39-26(40)17-43-29(39)36-28(41)35-19(2)16-20-8-10-22(11-9-20)27-34-18-38(37-27)23-12-14-24(15-13-23)42-30(31,32)33/h4-16,18H,3,17H2,1-2H3,(H,35,41)/b19-16+,36-29-. The first-order valence-electron chi connectivity index (χ1n) is 13.1. The van der Waals surface area contributed by atoms with E-state index in [4.69, 9.17) is 0 Å². The molecule has 1 N–H and O–H groups in total. The molecule has 1 fully saturated rings. The number of urea groups is 1. The first-order chi connectivity index (χ1) is 20.6. The Labute approximate surface area is 249 Å². The molecule has 0 spiro atoms. The predicted molar refractivity (Wildman–Crippen MR) is 159 cm³/mol. The van der Waals surface area contributed by atoms with Crippen molar-refractivity contribution < 1.29 is 27.5 Å². The van der Waals surface area contributed by atoms with Gasteiger partial charge in [-0.3, -0.25) is 9.69 Å². The van der Waals surface area contributed by atoms with E-state index in [1.54, 1.807) is 13.0 Å². The third-order valence-corrected chi connectivity index (χ3v) is 7.18. The zero-order valence-corrected chi connectivity index (χ0v) is 23.8. The first kappa shape index (κ1) is 29.6. The predicted octanol–water partition coefficient (Wildman–Crippen LogP) is 6.60. The minimum atomic E-state index is -4.76. The highest BCUT2D eigenvalue weighted by atomic mass is 32.2. The third-order valence-electron chi connectivity index (χ3n) is 6.26. The van der Waals surface area contributed by atoms with Crippen LogP contribution in [0.5, 0.6) is 5.75 Å². The molecular weight excluding hydrogens is 581 g/mol. The van der Waals surface area contributed by atoms with E-state index in [0.717, 1.165) is 28.8 Å². The number of nitrogens with zero attached hydrogens (tertiary/aromatic N) is 5. The number of allylic oxidation sites excluding steroid dienone is 1. The number of ether oxygens (including phenoxy) is 1. The summed E-state index contributed by atoms with van der Waals surface area (Å²) >= 11 is 1.22. The zero-order chi connectivity index (χ0) is 30.6. The van der Waals surface area contributed by atoms with Crippen molar-refractivity contribution in [3.05, 3.63) is 95.9 Å². The van der Waals surface area contributed by atoms with Gasteiger partial charge in [0.1, 0.15) is 12.1 Å². The van der Waals surface area contributed by atoms with Crippen LogP contribution in [0.3, 0.4) is 0 Å². The topological polar surface area (TPSA) is 102 Å². The van der Waals surface area contributed by atoms with Crippen molar-refractivity contribution in [1.82, 2.24) is 20.1 Å². The van der Waals surface area contributed by atoms with Crippen molar-refractivity contribution in [3.63, 3.8) is 0 Å². The normalized spacial score (nSPS) is 14.8. The summed E-state index contributed by atoms with van der Waals surface area (Å²) in [6, 6.07) is 19.5. The molecule has 43 heavy (non-hydrogen) atoms. The van der Waals surface area contributed by atoms with Gasteiger partial charge in [-0.15, -0.1) is 18.3 Å². The smallest absolute Gasteiger partial charge is 0.406 e. The Hall–Kier alpha value is -4.91. The van der Waals surface area contributed by atoms with Crippen molar-refractivity contribution in [2.75, 3.05) is 10.7 Å². The Morgan fingerprint density at radius 3 is 2.51 bits per heavy atom. The van der Waals surface area contributed by atoms with E-state index in [1.165, 1.54) is 51.9 Å². The van der Waals surface area contributed by atoms with Gasteiger partial charge in [0.05, 0.1) is 17.1 Å². The summed E-state index contributed by atoms with van der Waals surface area (Å²) in [7, 11) is 0. The lowest BCUT2D eigenvalue weighted by atomic mass is 10.1. The van der Waals surface area contributed by atoms with E-state index in [1.807, 2.05) is 55.5 Å². The van der Waals surface area contributed by atoms with Crippen molar-refractivity contribution in [3.8, 4) is 22.8 Å². The molecule has 9 nitrogen and oxygen atoms in total. The van der Waals surface area contributed by atoms with Gasteiger partial charge < -0.3 is 10.1 Å². The maximum Gasteiger partial charge on any atom is 0.573 e. The van der Waals surface area contributed by atoms with Crippen LogP contribution >= 0.6 is 11.8 Å². The fourth-order valence-corrected chi connectivity index (χ4v) is 5.19. The SMILES string of the molecule is CCc1ccccc1N1C(=O)CS/C1=N\C(=O)N/C(C)=C/c1ccc(-c2ncn(-c3ccc(OC(F)(F)F)cc3)n2)cc1. The molecule has 220 valence electrons. The summed E-state index contributed by atoms with van der Waals surface area (Å²) in [5, 5.41) is 7.47. The number of amides is 3. The van der Waals surface area contributed by atoms with E-state index in [-0.39, 0.29) is 17.4 Å². The average molecular weight is 607 g/mol. The highest BCUT2D eigenvalue weighted by molar-refractivity contribution is 8.15. The number of alkyl halides is 3.